The lowest BCUT2D eigenvalue weighted by molar-refractivity contribution is -0.119. The van der Waals surface area contributed by atoms with Crippen LogP contribution in [0.3, 0.4) is 0 Å². The minimum atomic E-state index is -3.68. The number of likely N-dealkylation sites (tertiary alicyclic amines) is 1. The zero-order valence-electron chi connectivity index (χ0n) is 13.9. The largest absolute Gasteiger partial charge is 0.354 e. The summed E-state index contributed by atoms with van der Waals surface area (Å²) in [6, 6.07) is 5.20. The second kappa shape index (κ2) is 8.43. The number of hydrogen-bond acceptors (Lipinski definition) is 4. The molecule has 1 saturated heterocycles. The minimum Gasteiger partial charge on any atom is -0.354 e. The molecule has 0 atom stereocenters. The molecule has 1 aromatic rings. The van der Waals surface area contributed by atoms with Crippen molar-refractivity contribution in [3.05, 3.63) is 30.1 Å². The second-order valence-electron chi connectivity index (χ2n) is 6.00. The Balaban J connectivity index is 1.86. The fourth-order valence-electron chi connectivity index (χ4n) is 2.75. The number of hydrogen-bond donors (Lipinski definition) is 1. The summed E-state index contributed by atoms with van der Waals surface area (Å²) >= 11 is 0. The van der Waals surface area contributed by atoms with Crippen LogP contribution in [0.1, 0.15) is 19.3 Å². The maximum absolute atomic E-state index is 13.3. The number of nitrogens with one attached hydrogen (secondary N) is 1. The normalized spacial score (nSPS) is 15.4. The molecular formula is C16H24FN3O3S. The minimum absolute atomic E-state index is 0.143. The summed E-state index contributed by atoms with van der Waals surface area (Å²) in [5.41, 5.74) is 0.143. The first-order valence-electron chi connectivity index (χ1n) is 8.08. The van der Waals surface area contributed by atoms with E-state index in [1.54, 1.807) is 0 Å². The van der Waals surface area contributed by atoms with Gasteiger partial charge in [-0.05, 0) is 57.1 Å². The van der Waals surface area contributed by atoms with Gasteiger partial charge in [0.25, 0.3) is 0 Å². The average molecular weight is 357 g/mol. The number of halogens is 1. The van der Waals surface area contributed by atoms with Crippen molar-refractivity contribution in [2.45, 2.75) is 19.3 Å². The van der Waals surface area contributed by atoms with Gasteiger partial charge in [-0.15, -0.1) is 0 Å². The summed E-state index contributed by atoms with van der Waals surface area (Å²) in [5, 5.41) is 2.73. The summed E-state index contributed by atoms with van der Waals surface area (Å²) in [6.45, 7) is 3.28. The first-order chi connectivity index (χ1) is 11.4. The molecule has 24 heavy (non-hydrogen) atoms. The van der Waals surface area contributed by atoms with Crippen LogP contribution in [-0.4, -0.2) is 58.2 Å². The van der Waals surface area contributed by atoms with Crippen LogP contribution in [0.15, 0.2) is 24.3 Å². The van der Waals surface area contributed by atoms with E-state index in [1.807, 2.05) is 0 Å². The number of carbonyl (C=O) groups excluding carboxylic acids is 1. The van der Waals surface area contributed by atoms with Crippen molar-refractivity contribution in [3.63, 3.8) is 0 Å². The SMILES string of the molecule is CS(=O)(=O)N(CC(=O)NCCCN1CCCC1)c1cccc(F)c1. The molecule has 0 aromatic heterocycles. The van der Waals surface area contributed by atoms with Crippen molar-refractivity contribution in [1.82, 2.24) is 10.2 Å². The molecule has 134 valence electrons. The highest BCUT2D eigenvalue weighted by Crippen LogP contribution is 2.18. The number of anilines is 1. The monoisotopic (exact) mass is 357 g/mol. The van der Waals surface area contributed by atoms with Crippen LogP contribution in [0.5, 0.6) is 0 Å². The third-order valence-electron chi connectivity index (χ3n) is 3.96. The number of benzene rings is 1. The third kappa shape index (κ3) is 5.76. The van der Waals surface area contributed by atoms with E-state index >= 15 is 0 Å². The summed E-state index contributed by atoms with van der Waals surface area (Å²) in [6.07, 6.45) is 4.27. The second-order valence-corrected chi connectivity index (χ2v) is 7.91. The topological polar surface area (TPSA) is 69.7 Å². The number of sulfonamides is 1. The quantitative estimate of drug-likeness (QED) is 0.710. The molecule has 2 rings (SSSR count). The van der Waals surface area contributed by atoms with Crippen molar-refractivity contribution >= 4 is 21.6 Å². The third-order valence-corrected chi connectivity index (χ3v) is 5.10. The van der Waals surface area contributed by atoms with E-state index < -0.39 is 21.7 Å². The van der Waals surface area contributed by atoms with Crippen molar-refractivity contribution in [2.75, 3.05) is 43.3 Å². The van der Waals surface area contributed by atoms with Crippen molar-refractivity contribution < 1.29 is 17.6 Å². The van der Waals surface area contributed by atoms with E-state index in [9.17, 15) is 17.6 Å². The van der Waals surface area contributed by atoms with Crippen LogP contribution in [0.4, 0.5) is 10.1 Å². The Labute approximate surface area is 142 Å². The molecule has 0 saturated carbocycles. The van der Waals surface area contributed by atoms with Crippen molar-refractivity contribution in [3.8, 4) is 0 Å². The van der Waals surface area contributed by atoms with Crippen LogP contribution in [0, 0.1) is 5.82 Å². The molecule has 1 aliphatic rings. The molecule has 0 spiro atoms. The van der Waals surface area contributed by atoms with Crippen LogP contribution in [-0.2, 0) is 14.8 Å². The molecule has 1 aliphatic heterocycles. The highest BCUT2D eigenvalue weighted by molar-refractivity contribution is 7.92. The number of rotatable bonds is 8. The van der Waals surface area contributed by atoms with Crippen LogP contribution in [0.25, 0.3) is 0 Å². The molecule has 1 aromatic carbocycles. The Hall–Kier alpha value is -1.67. The lowest BCUT2D eigenvalue weighted by atomic mass is 10.3. The average Bonchev–Trinajstić information content (AvgIpc) is 3.01. The van der Waals surface area contributed by atoms with E-state index in [0.717, 1.165) is 42.7 Å². The van der Waals surface area contributed by atoms with Crippen molar-refractivity contribution in [2.24, 2.45) is 0 Å². The fraction of sp³-hybridized carbons (Fsp3) is 0.562. The van der Waals surface area contributed by atoms with Gasteiger partial charge >= 0.3 is 0 Å². The first-order valence-corrected chi connectivity index (χ1v) is 9.93. The first kappa shape index (κ1) is 18.7. The van der Waals surface area contributed by atoms with Gasteiger partial charge in [0.1, 0.15) is 12.4 Å². The number of carbonyl (C=O) groups is 1. The molecule has 6 nitrogen and oxygen atoms in total. The maximum atomic E-state index is 13.3. The Morgan fingerprint density at radius 3 is 2.67 bits per heavy atom. The summed E-state index contributed by atoms with van der Waals surface area (Å²) in [7, 11) is -3.68. The standard InChI is InChI=1S/C16H24FN3O3S/c1-24(22,23)20(15-7-4-6-14(17)12-15)13-16(21)18-8-5-11-19-9-2-3-10-19/h4,6-7,12H,2-3,5,8-11,13H2,1H3,(H,18,21). The molecule has 0 radical (unpaired) electrons. The summed E-state index contributed by atoms with van der Waals surface area (Å²) in [5.74, 6) is -0.946. The lowest BCUT2D eigenvalue weighted by Crippen LogP contribution is -2.41. The van der Waals surface area contributed by atoms with Gasteiger partial charge in [0, 0.05) is 6.54 Å². The van der Waals surface area contributed by atoms with E-state index in [2.05, 4.69) is 10.2 Å². The van der Waals surface area contributed by atoms with E-state index in [0.29, 0.717) is 6.54 Å². The lowest BCUT2D eigenvalue weighted by Gasteiger charge is -2.22. The molecular weight excluding hydrogens is 333 g/mol. The Morgan fingerprint density at radius 2 is 2.04 bits per heavy atom. The van der Waals surface area contributed by atoms with Gasteiger partial charge in [-0.2, -0.15) is 0 Å². The zero-order chi connectivity index (χ0) is 17.6. The summed E-state index contributed by atoms with van der Waals surface area (Å²) in [4.78, 5) is 14.4. The number of amides is 1. The molecule has 1 amide bonds. The van der Waals surface area contributed by atoms with E-state index in [-0.39, 0.29) is 12.2 Å². The Bertz CT molecular complexity index is 660. The van der Waals surface area contributed by atoms with Gasteiger partial charge in [0.15, 0.2) is 0 Å². The van der Waals surface area contributed by atoms with Gasteiger partial charge in [-0.3, -0.25) is 9.10 Å². The Kier molecular flexibility index (Phi) is 6.56. The van der Waals surface area contributed by atoms with Gasteiger partial charge in [-0.25, -0.2) is 12.8 Å². The molecule has 0 unspecified atom stereocenters. The molecule has 1 N–H and O–H groups in total. The van der Waals surface area contributed by atoms with Gasteiger partial charge in [-0.1, -0.05) is 6.07 Å². The molecule has 8 heteroatoms. The van der Waals surface area contributed by atoms with Crippen molar-refractivity contribution in [1.29, 1.82) is 0 Å². The fourth-order valence-corrected chi connectivity index (χ4v) is 3.60. The summed E-state index contributed by atoms with van der Waals surface area (Å²) < 4.78 is 38.0. The predicted octanol–water partition coefficient (Wildman–Crippen LogP) is 1.19. The van der Waals surface area contributed by atoms with Crippen LogP contribution < -0.4 is 9.62 Å². The predicted molar refractivity (Wildman–Crippen MR) is 91.9 cm³/mol. The number of nitrogens with zero attached hydrogens (tertiary/aromatic N) is 2. The van der Waals surface area contributed by atoms with Gasteiger partial charge in [0.2, 0.25) is 15.9 Å². The molecule has 0 aliphatic carbocycles. The smallest absolute Gasteiger partial charge is 0.240 e. The maximum Gasteiger partial charge on any atom is 0.240 e. The van der Waals surface area contributed by atoms with Crippen LogP contribution >= 0.6 is 0 Å². The Morgan fingerprint density at radius 1 is 1.33 bits per heavy atom. The van der Waals surface area contributed by atoms with Gasteiger partial charge in [0.05, 0.1) is 11.9 Å². The van der Waals surface area contributed by atoms with E-state index in [4.69, 9.17) is 0 Å². The zero-order valence-corrected chi connectivity index (χ0v) is 14.7. The van der Waals surface area contributed by atoms with E-state index in [1.165, 1.54) is 31.0 Å². The molecule has 1 fully saturated rings. The van der Waals surface area contributed by atoms with Gasteiger partial charge < -0.3 is 10.2 Å². The highest BCUT2D eigenvalue weighted by atomic mass is 32.2. The van der Waals surface area contributed by atoms with Crippen LogP contribution in [0.2, 0.25) is 0 Å². The highest BCUT2D eigenvalue weighted by Gasteiger charge is 2.21. The molecule has 0 bridgehead atoms. The molecule has 1 heterocycles.